The molecule has 1 heterocycles. The summed E-state index contributed by atoms with van der Waals surface area (Å²) in [5.74, 6) is 1.25. The van der Waals surface area contributed by atoms with E-state index in [0.717, 1.165) is 13.1 Å². The highest BCUT2D eigenvalue weighted by atomic mass is 127. The lowest BCUT2D eigenvalue weighted by molar-refractivity contribution is -0.671. The zero-order chi connectivity index (χ0) is 10.4. The standard InChI is InChI=1S/C10H15Cl2N2.HI/c1-13-6-2-10(3-7-13)14(8-4-11)9-5-12;/h2-3,6-7H,4-5,8-9H2,1H3;1H/q+1;/p-1. The largest absolute Gasteiger partial charge is 1.00 e. The Morgan fingerprint density at radius 3 is 2.00 bits per heavy atom. The van der Waals surface area contributed by atoms with Gasteiger partial charge in [-0.15, -0.1) is 23.2 Å². The van der Waals surface area contributed by atoms with Gasteiger partial charge in [0.25, 0.3) is 0 Å². The Kier molecular flexibility index (Phi) is 8.56. The summed E-state index contributed by atoms with van der Waals surface area (Å²) in [6, 6.07) is 4.14. The Hall–Kier alpha value is 0.260. The Bertz CT molecular complexity index is 261. The summed E-state index contributed by atoms with van der Waals surface area (Å²) in [7, 11) is 2.00. The third kappa shape index (κ3) is 5.22. The zero-order valence-electron chi connectivity index (χ0n) is 8.67. The number of pyridine rings is 1. The van der Waals surface area contributed by atoms with Crippen molar-refractivity contribution in [2.75, 3.05) is 29.7 Å². The van der Waals surface area contributed by atoms with E-state index in [0.29, 0.717) is 11.8 Å². The molecule has 0 saturated heterocycles. The molecule has 1 rings (SSSR count). The van der Waals surface area contributed by atoms with Crippen LogP contribution in [0, 0.1) is 0 Å². The zero-order valence-corrected chi connectivity index (χ0v) is 12.3. The SMILES string of the molecule is C[n+]1ccc(N(CCCl)CCCl)cc1.[I-]. The second-order valence-corrected chi connectivity index (χ2v) is 3.84. The van der Waals surface area contributed by atoms with Crippen molar-refractivity contribution < 1.29 is 28.5 Å². The lowest BCUT2D eigenvalue weighted by atomic mass is 10.3. The van der Waals surface area contributed by atoms with Crippen LogP contribution in [0.4, 0.5) is 5.69 Å². The average Bonchev–Trinajstić information content (AvgIpc) is 2.19. The van der Waals surface area contributed by atoms with Crippen LogP contribution >= 0.6 is 23.2 Å². The molecule has 5 heteroatoms. The van der Waals surface area contributed by atoms with E-state index in [1.807, 2.05) is 24.0 Å². The number of nitrogens with zero attached hydrogens (tertiary/aromatic N) is 2. The Labute approximate surface area is 118 Å². The van der Waals surface area contributed by atoms with E-state index in [9.17, 15) is 0 Å². The van der Waals surface area contributed by atoms with Crippen molar-refractivity contribution in [3.8, 4) is 0 Å². The van der Waals surface area contributed by atoms with Crippen LogP contribution in [0.15, 0.2) is 24.5 Å². The maximum Gasteiger partial charge on any atom is 0.170 e. The first-order valence-corrected chi connectivity index (χ1v) is 5.67. The van der Waals surface area contributed by atoms with E-state index in [2.05, 4.69) is 17.0 Å². The molecule has 0 spiro atoms. The molecule has 86 valence electrons. The van der Waals surface area contributed by atoms with Gasteiger partial charge in [0, 0.05) is 42.7 Å². The smallest absolute Gasteiger partial charge is 0.170 e. The highest BCUT2D eigenvalue weighted by Crippen LogP contribution is 2.11. The van der Waals surface area contributed by atoms with Gasteiger partial charge < -0.3 is 28.9 Å². The third-order valence-corrected chi connectivity index (χ3v) is 2.37. The summed E-state index contributed by atoms with van der Waals surface area (Å²) in [5, 5.41) is 0. The fourth-order valence-corrected chi connectivity index (χ4v) is 1.69. The average molecular weight is 361 g/mol. The molecular formula is C10H15Cl2IN2. The molecule has 0 atom stereocenters. The maximum atomic E-state index is 5.72. The van der Waals surface area contributed by atoms with Crippen LogP contribution in [0.3, 0.4) is 0 Å². The molecule has 0 amide bonds. The topological polar surface area (TPSA) is 7.12 Å². The molecule has 2 nitrogen and oxygen atoms in total. The molecule has 0 radical (unpaired) electrons. The van der Waals surface area contributed by atoms with Crippen LogP contribution in [0.5, 0.6) is 0 Å². The first-order chi connectivity index (χ1) is 6.77. The van der Waals surface area contributed by atoms with Gasteiger partial charge in [0.2, 0.25) is 0 Å². The minimum absolute atomic E-state index is 0. The summed E-state index contributed by atoms with van der Waals surface area (Å²) in [4.78, 5) is 2.18. The van der Waals surface area contributed by atoms with Gasteiger partial charge in [-0.1, -0.05) is 0 Å². The van der Waals surface area contributed by atoms with Crippen molar-refractivity contribution in [1.29, 1.82) is 0 Å². The molecule has 0 aliphatic heterocycles. The van der Waals surface area contributed by atoms with Crippen LogP contribution < -0.4 is 33.4 Å². The molecule has 1 aromatic heterocycles. The van der Waals surface area contributed by atoms with Crippen LogP contribution in [0.1, 0.15) is 0 Å². The van der Waals surface area contributed by atoms with Crippen LogP contribution in [-0.4, -0.2) is 24.8 Å². The summed E-state index contributed by atoms with van der Waals surface area (Å²) in [5.41, 5.74) is 1.17. The van der Waals surface area contributed by atoms with Gasteiger partial charge in [-0.2, -0.15) is 0 Å². The van der Waals surface area contributed by atoms with Gasteiger partial charge in [-0.3, -0.25) is 0 Å². The van der Waals surface area contributed by atoms with E-state index < -0.39 is 0 Å². The fraction of sp³-hybridized carbons (Fsp3) is 0.500. The van der Waals surface area contributed by atoms with Crippen LogP contribution in [0.2, 0.25) is 0 Å². The number of anilines is 1. The van der Waals surface area contributed by atoms with Crippen molar-refractivity contribution in [3.63, 3.8) is 0 Å². The van der Waals surface area contributed by atoms with Gasteiger partial charge in [0.05, 0.1) is 0 Å². The molecule has 0 saturated carbocycles. The van der Waals surface area contributed by atoms with E-state index in [1.165, 1.54) is 5.69 Å². The van der Waals surface area contributed by atoms with Gasteiger partial charge in [0.1, 0.15) is 7.05 Å². The van der Waals surface area contributed by atoms with E-state index in [-0.39, 0.29) is 24.0 Å². The number of halogens is 3. The molecule has 0 fully saturated rings. The van der Waals surface area contributed by atoms with Gasteiger partial charge in [-0.25, -0.2) is 4.57 Å². The number of aromatic nitrogens is 1. The van der Waals surface area contributed by atoms with Crippen molar-refractivity contribution in [1.82, 2.24) is 0 Å². The molecule has 0 aliphatic carbocycles. The second-order valence-electron chi connectivity index (χ2n) is 3.09. The van der Waals surface area contributed by atoms with Crippen LogP contribution in [0.25, 0.3) is 0 Å². The molecule has 15 heavy (non-hydrogen) atoms. The molecule has 0 aromatic carbocycles. The normalized spacial score (nSPS) is 9.53. The summed E-state index contributed by atoms with van der Waals surface area (Å²) >= 11 is 11.4. The number of aryl methyl sites for hydroxylation is 1. The molecular weight excluding hydrogens is 346 g/mol. The van der Waals surface area contributed by atoms with E-state index >= 15 is 0 Å². The van der Waals surface area contributed by atoms with E-state index in [1.54, 1.807) is 0 Å². The Morgan fingerprint density at radius 2 is 1.60 bits per heavy atom. The lowest BCUT2D eigenvalue weighted by Crippen LogP contribution is -3.00. The van der Waals surface area contributed by atoms with Gasteiger partial charge in [-0.05, 0) is 0 Å². The Morgan fingerprint density at radius 1 is 1.13 bits per heavy atom. The monoisotopic (exact) mass is 360 g/mol. The Balaban J connectivity index is 0.00000196. The summed E-state index contributed by atoms with van der Waals surface area (Å²) in [6.45, 7) is 1.67. The first-order valence-electron chi connectivity index (χ1n) is 4.60. The van der Waals surface area contributed by atoms with Crippen molar-refractivity contribution >= 4 is 28.9 Å². The predicted octanol–water partition coefficient (Wildman–Crippen LogP) is -1.20. The van der Waals surface area contributed by atoms with Crippen molar-refractivity contribution in [2.45, 2.75) is 0 Å². The predicted molar refractivity (Wildman–Crippen MR) is 61.3 cm³/mol. The molecule has 0 unspecified atom stereocenters. The van der Waals surface area contributed by atoms with Gasteiger partial charge >= 0.3 is 0 Å². The number of hydrogen-bond acceptors (Lipinski definition) is 1. The first kappa shape index (κ1) is 15.3. The highest BCUT2D eigenvalue weighted by Gasteiger charge is 2.05. The minimum Gasteiger partial charge on any atom is -1.00 e. The lowest BCUT2D eigenvalue weighted by Gasteiger charge is -2.21. The fourth-order valence-electron chi connectivity index (χ4n) is 1.28. The molecule has 0 N–H and O–H groups in total. The second kappa shape index (κ2) is 8.42. The summed E-state index contributed by atoms with van der Waals surface area (Å²) in [6.07, 6.45) is 4.04. The third-order valence-electron chi connectivity index (χ3n) is 2.03. The minimum atomic E-state index is 0. The quantitative estimate of drug-likeness (QED) is 0.363. The van der Waals surface area contributed by atoms with Crippen molar-refractivity contribution in [3.05, 3.63) is 24.5 Å². The van der Waals surface area contributed by atoms with Gasteiger partial charge in [0.15, 0.2) is 12.4 Å². The van der Waals surface area contributed by atoms with Crippen LogP contribution in [-0.2, 0) is 7.05 Å². The maximum absolute atomic E-state index is 5.72. The van der Waals surface area contributed by atoms with Crippen molar-refractivity contribution in [2.24, 2.45) is 7.05 Å². The number of alkyl halides is 2. The number of hydrogen-bond donors (Lipinski definition) is 0. The molecule has 0 aliphatic rings. The summed E-state index contributed by atoms with van der Waals surface area (Å²) < 4.78 is 2.00. The molecule has 1 aromatic rings. The highest BCUT2D eigenvalue weighted by molar-refractivity contribution is 6.18. The number of rotatable bonds is 5. The molecule has 0 bridgehead atoms. The van der Waals surface area contributed by atoms with E-state index in [4.69, 9.17) is 23.2 Å².